The number of carbonyl (C=O) groups excluding carboxylic acids is 2. The van der Waals surface area contributed by atoms with Crippen LogP contribution in [-0.4, -0.2) is 39.4 Å². The summed E-state index contributed by atoms with van der Waals surface area (Å²) in [6.45, 7) is 0.866. The lowest BCUT2D eigenvalue weighted by Gasteiger charge is -2.31. The number of halogens is 3. The van der Waals surface area contributed by atoms with E-state index in [2.05, 4.69) is 4.98 Å². The Morgan fingerprint density at radius 1 is 1.11 bits per heavy atom. The number of benzene rings is 2. The van der Waals surface area contributed by atoms with Crippen molar-refractivity contribution in [2.45, 2.75) is 38.4 Å². The van der Waals surface area contributed by atoms with Crippen molar-refractivity contribution in [1.29, 1.82) is 0 Å². The number of carbonyl (C=O) groups is 2. The average molecular weight is 486 g/mol. The molecule has 7 nitrogen and oxygen atoms in total. The summed E-state index contributed by atoms with van der Waals surface area (Å²) in [5.41, 5.74) is 5.19. The van der Waals surface area contributed by atoms with E-state index in [4.69, 9.17) is 5.73 Å². The summed E-state index contributed by atoms with van der Waals surface area (Å²) in [7, 11) is 0. The minimum absolute atomic E-state index is 0.0181. The molecule has 2 aromatic carbocycles. The van der Waals surface area contributed by atoms with Gasteiger partial charge in [-0.1, -0.05) is 30.3 Å². The molecular formula is C25H25F3N4O3. The van der Waals surface area contributed by atoms with E-state index >= 15 is 0 Å². The monoisotopic (exact) mass is 486 g/mol. The van der Waals surface area contributed by atoms with Crippen molar-refractivity contribution in [2.24, 2.45) is 11.7 Å². The number of piperidine rings is 1. The fourth-order valence-corrected chi connectivity index (χ4v) is 4.38. The number of aryl methyl sites for hydroxylation is 1. The first-order valence-corrected chi connectivity index (χ1v) is 11.3. The minimum atomic E-state index is -4.56. The van der Waals surface area contributed by atoms with Crippen molar-refractivity contribution in [3.05, 3.63) is 75.7 Å². The van der Waals surface area contributed by atoms with Gasteiger partial charge in [-0.25, -0.2) is 4.98 Å². The number of fused-ring (bicyclic) bond motifs is 1. The molecule has 2 amide bonds. The van der Waals surface area contributed by atoms with E-state index in [0.717, 1.165) is 17.7 Å². The van der Waals surface area contributed by atoms with Gasteiger partial charge < -0.3 is 15.2 Å². The van der Waals surface area contributed by atoms with E-state index in [0.29, 0.717) is 19.4 Å². The molecule has 3 aromatic rings. The van der Waals surface area contributed by atoms with Gasteiger partial charge >= 0.3 is 6.18 Å². The van der Waals surface area contributed by atoms with Gasteiger partial charge in [-0.05, 0) is 36.6 Å². The standard InChI is InChI=1S/C25H25F3N4O3/c26-25(27,28)18-8-10-21-20(13-18)30-19(24(35)32(21)14-16-5-2-1-3-6-16)9-11-22(33)31-12-4-7-17(15-31)23(29)34/h1-3,5-6,8,10,13,17H,4,7,9,11-12,14-15H2,(H2,29,34). The Bertz CT molecular complexity index is 1310. The normalized spacial score (nSPS) is 16.4. The summed E-state index contributed by atoms with van der Waals surface area (Å²) in [6, 6.07) is 12.2. The highest BCUT2D eigenvalue weighted by molar-refractivity contribution is 5.80. The fourth-order valence-electron chi connectivity index (χ4n) is 4.38. The second-order valence-corrected chi connectivity index (χ2v) is 8.72. The summed E-state index contributed by atoms with van der Waals surface area (Å²) in [5, 5.41) is 0. The number of aromatic nitrogens is 2. The molecule has 35 heavy (non-hydrogen) atoms. The second kappa shape index (κ2) is 9.89. The van der Waals surface area contributed by atoms with Crippen LogP contribution in [0.4, 0.5) is 13.2 Å². The number of primary amides is 1. The number of likely N-dealkylation sites (tertiary alicyclic amines) is 1. The van der Waals surface area contributed by atoms with Gasteiger partial charge in [0.1, 0.15) is 5.69 Å². The van der Waals surface area contributed by atoms with Crippen molar-refractivity contribution in [1.82, 2.24) is 14.5 Å². The summed E-state index contributed by atoms with van der Waals surface area (Å²) in [4.78, 5) is 43.3. The third kappa shape index (κ3) is 5.52. The van der Waals surface area contributed by atoms with E-state index in [1.165, 1.54) is 10.6 Å². The van der Waals surface area contributed by atoms with Crippen LogP contribution in [0.1, 0.15) is 36.1 Å². The van der Waals surface area contributed by atoms with Crippen LogP contribution in [0.2, 0.25) is 0 Å². The van der Waals surface area contributed by atoms with Crippen LogP contribution in [0, 0.1) is 5.92 Å². The smallest absolute Gasteiger partial charge is 0.369 e. The number of hydrogen-bond donors (Lipinski definition) is 1. The Hall–Kier alpha value is -3.69. The Kier molecular flexibility index (Phi) is 6.90. The summed E-state index contributed by atoms with van der Waals surface area (Å²) in [6.07, 6.45) is -3.37. The highest BCUT2D eigenvalue weighted by atomic mass is 19.4. The van der Waals surface area contributed by atoms with Crippen molar-refractivity contribution in [3.8, 4) is 0 Å². The fraction of sp³-hybridized carbons (Fsp3) is 0.360. The second-order valence-electron chi connectivity index (χ2n) is 8.72. The van der Waals surface area contributed by atoms with Gasteiger partial charge in [0, 0.05) is 25.9 Å². The molecule has 1 unspecified atom stereocenters. The lowest BCUT2D eigenvalue weighted by molar-refractivity contribution is -0.137. The van der Waals surface area contributed by atoms with E-state index in [9.17, 15) is 27.6 Å². The first-order chi connectivity index (χ1) is 16.6. The summed E-state index contributed by atoms with van der Waals surface area (Å²) in [5.74, 6) is -1.12. The number of hydrogen-bond acceptors (Lipinski definition) is 4. The molecule has 10 heteroatoms. The first-order valence-electron chi connectivity index (χ1n) is 11.3. The minimum Gasteiger partial charge on any atom is -0.369 e. The molecule has 1 aromatic heterocycles. The number of amides is 2. The van der Waals surface area contributed by atoms with Crippen molar-refractivity contribution < 1.29 is 22.8 Å². The largest absolute Gasteiger partial charge is 0.416 e. The topological polar surface area (TPSA) is 98.3 Å². The predicted molar refractivity (Wildman–Crippen MR) is 123 cm³/mol. The number of nitrogens with two attached hydrogens (primary N) is 1. The molecule has 2 N–H and O–H groups in total. The first kappa shape index (κ1) is 24.4. The molecular weight excluding hydrogens is 461 g/mol. The van der Waals surface area contributed by atoms with E-state index in [1.54, 1.807) is 4.90 Å². The molecule has 184 valence electrons. The van der Waals surface area contributed by atoms with Gasteiger partial charge in [0.05, 0.1) is 29.1 Å². The van der Waals surface area contributed by atoms with E-state index in [1.807, 2.05) is 30.3 Å². The molecule has 0 radical (unpaired) electrons. The Labute approximate surface area is 199 Å². The van der Waals surface area contributed by atoms with Gasteiger partial charge in [-0.2, -0.15) is 13.2 Å². The highest BCUT2D eigenvalue weighted by Crippen LogP contribution is 2.31. The summed E-state index contributed by atoms with van der Waals surface area (Å²) < 4.78 is 41.3. The molecule has 1 saturated heterocycles. The molecule has 0 bridgehead atoms. The van der Waals surface area contributed by atoms with Gasteiger partial charge in [-0.15, -0.1) is 0 Å². The maximum atomic E-state index is 13.3. The third-order valence-corrected chi connectivity index (χ3v) is 6.28. The van der Waals surface area contributed by atoms with Crippen LogP contribution in [0.3, 0.4) is 0 Å². The lowest BCUT2D eigenvalue weighted by Crippen LogP contribution is -2.44. The maximum absolute atomic E-state index is 13.3. The van der Waals surface area contributed by atoms with Crippen LogP contribution in [0.25, 0.3) is 11.0 Å². The Balaban J connectivity index is 1.66. The molecule has 2 heterocycles. The highest BCUT2D eigenvalue weighted by Gasteiger charge is 2.31. The summed E-state index contributed by atoms with van der Waals surface area (Å²) >= 11 is 0. The third-order valence-electron chi connectivity index (χ3n) is 6.28. The molecule has 0 saturated carbocycles. The number of rotatable bonds is 6. The van der Waals surface area contributed by atoms with Crippen molar-refractivity contribution >= 4 is 22.8 Å². The SMILES string of the molecule is NC(=O)C1CCCN(C(=O)CCc2nc3cc(C(F)(F)F)ccc3n(Cc3ccccc3)c2=O)C1. The Morgan fingerprint density at radius 3 is 2.54 bits per heavy atom. The van der Waals surface area contributed by atoms with Gasteiger partial charge in [0.2, 0.25) is 11.8 Å². The quantitative estimate of drug-likeness (QED) is 0.579. The van der Waals surface area contributed by atoms with Crippen LogP contribution in [0.5, 0.6) is 0 Å². The maximum Gasteiger partial charge on any atom is 0.416 e. The lowest BCUT2D eigenvalue weighted by atomic mass is 9.97. The van der Waals surface area contributed by atoms with E-state index < -0.39 is 29.1 Å². The molecule has 1 aliphatic rings. The van der Waals surface area contributed by atoms with Crippen molar-refractivity contribution in [2.75, 3.05) is 13.1 Å². The van der Waals surface area contributed by atoms with Gasteiger partial charge in [0.15, 0.2) is 0 Å². The van der Waals surface area contributed by atoms with Crippen LogP contribution in [-0.2, 0) is 28.7 Å². The zero-order valence-corrected chi connectivity index (χ0v) is 18.9. The molecule has 4 rings (SSSR count). The number of alkyl halides is 3. The molecule has 1 atom stereocenters. The van der Waals surface area contributed by atoms with Gasteiger partial charge in [-0.3, -0.25) is 14.4 Å². The van der Waals surface area contributed by atoms with Crippen LogP contribution < -0.4 is 11.3 Å². The Morgan fingerprint density at radius 2 is 1.86 bits per heavy atom. The molecule has 1 aliphatic heterocycles. The molecule has 0 spiro atoms. The van der Waals surface area contributed by atoms with Gasteiger partial charge in [0.25, 0.3) is 5.56 Å². The molecule has 0 aliphatic carbocycles. The number of nitrogens with zero attached hydrogens (tertiary/aromatic N) is 3. The average Bonchev–Trinajstić information content (AvgIpc) is 2.84. The van der Waals surface area contributed by atoms with Crippen LogP contribution >= 0.6 is 0 Å². The van der Waals surface area contributed by atoms with E-state index in [-0.39, 0.29) is 48.6 Å². The zero-order valence-electron chi connectivity index (χ0n) is 18.9. The zero-order chi connectivity index (χ0) is 25.2. The van der Waals surface area contributed by atoms with Crippen LogP contribution in [0.15, 0.2) is 53.3 Å². The van der Waals surface area contributed by atoms with Crippen molar-refractivity contribution in [3.63, 3.8) is 0 Å². The molecule has 1 fully saturated rings. The predicted octanol–water partition coefficient (Wildman–Crippen LogP) is 3.12.